The molecule has 3 aromatic rings. The van der Waals surface area contributed by atoms with Gasteiger partial charge < -0.3 is 0 Å². The molecular weight excluding hydrogens is 285 g/mol. The number of halogens is 3. The molecule has 0 aliphatic carbocycles. The number of aromatic nitrogens is 4. The number of alkyl halides is 3. The Morgan fingerprint density at radius 1 is 1.29 bits per heavy atom. The lowest BCUT2D eigenvalue weighted by Gasteiger charge is -2.05. The number of nitrogens with one attached hydrogen (secondary N) is 1. The Kier molecular flexibility index (Phi) is 2.82. The first-order valence-corrected chi connectivity index (χ1v) is 5.99. The van der Waals surface area contributed by atoms with Crippen molar-refractivity contribution in [2.75, 3.05) is 0 Å². The van der Waals surface area contributed by atoms with E-state index in [4.69, 9.17) is 0 Å². The second-order valence-electron chi connectivity index (χ2n) is 4.46. The van der Waals surface area contributed by atoms with E-state index in [9.17, 15) is 18.0 Å². The first-order chi connectivity index (χ1) is 9.88. The van der Waals surface area contributed by atoms with E-state index >= 15 is 0 Å². The Bertz CT molecular complexity index is 865. The fourth-order valence-electron chi connectivity index (χ4n) is 2.11. The molecule has 0 aromatic carbocycles. The van der Waals surface area contributed by atoms with Gasteiger partial charge in [0, 0.05) is 18.0 Å². The molecule has 0 saturated carbocycles. The van der Waals surface area contributed by atoms with Crippen LogP contribution in [-0.2, 0) is 6.18 Å². The number of rotatable bonds is 1. The molecular formula is C13H9F3N4O. The molecule has 0 aliphatic heterocycles. The van der Waals surface area contributed by atoms with Crippen molar-refractivity contribution in [2.24, 2.45) is 0 Å². The van der Waals surface area contributed by atoms with Crippen LogP contribution in [0.4, 0.5) is 13.2 Å². The quantitative estimate of drug-likeness (QED) is 0.749. The number of aromatic amines is 1. The maximum absolute atomic E-state index is 12.8. The lowest BCUT2D eigenvalue weighted by atomic mass is 10.1. The summed E-state index contributed by atoms with van der Waals surface area (Å²) < 4.78 is 39.4. The van der Waals surface area contributed by atoms with Crippen molar-refractivity contribution >= 4 is 5.65 Å². The maximum Gasteiger partial charge on any atom is 0.433 e. The molecule has 0 bridgehead atoms. The van der Waals surface area contributed by atoms with Gasteiger partial charge in [-0.15, -0.1) is 0 Å². The Labute approximate surface area is 116 Å². The highest BCUT2D eigenvalue weighted by atomic mass is 19.4. The van der Waals surface area contributed by atoms with E-state index in [1.807, 2.05) is 0 Å². The number of nitrogens with zero attached hydrogens (tertiary/aromatic N) is 3. The van der Waals surface area contributed by atoms with Crippen molar-refractivity contribution in [3.63, 3.8) is 0 Å². The van der Waals surface area contributed by atoms with Crippen molar-refractivity contribution in [1.29, 1.82) is 0 Å². The topological polar surface area (TPSA) is 63.0 Å². The molecule has 0 fully saturated rings. The highest BCUT2D eigenvalue weighted by molar-refractivity contribution is 5.77. The van der Waals surface area contributed by atoms with Gasteiger partial charge in [0.05, 0.1) is 11.3 Å². The third-order valence-electron chi connectivity index (χ3n) is 3.01. The fraction of sp³-hybridized carbons (Fsp3) is 0.154. The fourth-order valence-corrected chi connectivity index (χ4v) is 2.11. The summed E-state index contributed by atoms with van der Waals surface area (Å²) in [7, 11) is 0. The van der Waals surface area contributed by atoms with E-state index in [1.54, 1.807) is 25.1 Å². The van der Waals surface area contributed by atoms with Gasteiger partial charge >= 0.3 is 6.18 Å². The van der Waals surface area contributed by atoms with Gasteiger partial charge in [-0.1, -0.05) is 6.07 Å². The summed E-state index contributed by atoms with van der Waals surface area (Å²) in [5, 5.41) is 2.71. The average molecular weight is 294 g/mol. The van der Waals surface area contributed by atoms with Gasteiger partial charge in [0.2, 0.25) is 0 Å². The highest BCUT2D eigenvalue weighted by Crippen LogP contribution is 2.29. The minimum Gasteiger partial charge on any atom is -0.293 e. The zero-order valence-corrected chi connectivity index (χ0v) is 10.8. The van der Waals surface area contributed by atoms with Gasteiger partial charge in [-0.25, -0.2) is 9.50 Å². The van der Waals surface area contributed by atoms with Crippen molar-refractivity contribution in [3.05, 3.63) is 52.2 Å². The second-order valence-corrected chi connectivity index (χ2v) is 4.46. The summed E-state index contributed by atoms with van der Waals surface area (Å²) in [6, 6.07) is 5.50. The summed E-state index contributed by atoms with van der Waals surface area (Å²) in [6.07, 6.45) is -3.16. The molecule has 3 heterocycles. The zero-order chi connectivity index (χ0) is 15.2. The van der Waals surface area contributed by atoms with Crippen molar-refractivity contribution < 1.29 is 13.2 Å². The molecule has 0 radical (unpaired) electrons. The first-order valence-electron chi connectivity index (χ1n) is 5.99. The Hall–Kier alpha value is -2.64. The number of pyridine rings is 1. The van der Waals surface area contributed by atoms with Gasteiger partial charge in [-0.3, -0.25) is 14.9 Å². The molecule has 21 heavy (non-hydrogen) atoms. The predicted octanol–water partition coefficient (Wildman–Crippen LogP) is 2.41. The van der Waals surface area contributed by atoms with Crippen LogP contribution in [-0.4, -0.2) is 19.6 Å². The van der Waals surface area contributed by atoms with Crippen LogP contribution >= 0.6 is 0 Å². The molecule has 0 atom stereocenters. The van der Waals surface area contributed by atoms with Crippen LogP contribution in [0.15, 0.2) is 35.3 Å². The predicted molar refractivity (Wildman–Crippen MR) is 68.8 cm³/mol. The molecule has 0 aliphatic rings. The number of H-pyrrole nitrogens is 1. The summed E-state index contributed by atoms with van der Waals surface area (Å²) >= 11 is 0. The third-order valence-corrected chi connectivity index (χ3v) is 3.01. The molecule has 5 nitrogen and oxygen atoms in total. The first kappa shape index (κ1) is 13.3. The summed E-state index contributed by atoms with van der Waals surface area (Å²) in [5.41, 5.74) is -0.802. The van der Waals surface area contributed by atoms with Crippen LogP contribution in [0.2, 0.25) is 0 Å². The molecule has 0 unspecified atom stereocenters. The van der Waals surface area contributed by atoms with E-state index in [1.165, 1.54) is 6.20 Å². The molecule has 1 N–H and O–H groups in total. The Balaban J connectivity index is 2.38. The van der Waals surface area contributed by atoms with Gasteiger partial charge in [-0.2, -0.15) is 13.2 Å². The van der Waals surface area contributed by atoms with Crippen LogP contribution in [0.3, 0.4) is 0 Å². The number of aryl methyl sites for hydroxylation is 1. The van der Waals surface area contributed by atoms with E-state index < -0.39 is 17.4 Å². The minimum absolute atomic E-state index is 0.0916. The van der Waals surface area contributed by atoms with Crippen molar-refractivity contribution in [1.82, 2.24) is 19.6 Å². The monoisotopic (exact) mass is 294 g/mol. The van der Waals surface area contributed by atoms with Crippen LogP contribution in [0.5, 0.6) is 0 Å². The largest absolute Gasteiger partial charge is 0.433 e. The van der Waals surface area contributed by atoms with E-state index in [-0.39, 0.29) is 5.65 Å². The lowest BCUT2D eigenvalue weighted by Crippen LogP contribution is -2.20. The molecule has 0 spiro atoms. The van der Waals surface area contributed by atoms with E-state index in [0.29, 0.717) is 23.0 Å². The number of fused-ring (bicyclic) bond motifs is 1. The zero-order valence-electron chi connectivity index (χ0n) is 10.8. The minimum atomic E-state index is -4.68. The van der Waals surface area contributed by atoms with Crippen LogP contribution in [0.25, 0.3) is 16.9 Å². The standard InChI is InChI=1S/C13H9F3N4O/c1-7-11(8-4-2-3-5-17-8)12-18-9(13(14,15)16)6-10(21)20(12)19-7/h2-6,19H,1H3. The lowest BCUT2D eigenvalue weighted by molar-refractivity contribution is -0.141. The SMILES string of the molecule is Cc1[nH]n2c(=O)cc(C(F)(F)F)nc2c1-c1ccccn1. The van der Waals surface area contributed by atoms with Gasteiger partial charge in [-0.05, 0) is 19.1 Å². The highest BCUT2D eigenvalue weighted by Gasteiger charge is 2.34. The van der Waals surface area contributed by atoms with Crippen LogP contribution < -0.4 is 5.56 Å². The maximum atomic E-state index is 12.8. The Morgan fingerprint density at radius 2 is 2.05 bits per heavy atom. The normalized spacial score (nSPS) is 12.0. The Morgan fingerprint density at radius 3 is 2.67 bits per heavy atom. The average Bonchev–Trinajstić information content (AvgIpc) is 2.75. The van der Waals surface area contributed by atoms with Crippen molar-refractivity contribution in [2.45, 2.75) is 13.1 Å². The van der Waals surface area contributed by atoms with Gasteiger partial charge in [0.15, 0.2) is 11.3 Å². The summed E-state index contributed by atoms with van der Waals surface area (Å²) in [5.74, 6) is 0. The molecule has 3 rings (SSSR count). The number of hydrogen-bond acceptors (Lipinski definition) is 3. The molecule has 108 valence electrons. The second kappa shape index (κ2) is 4.44. The summed E-state index contributed by atoms with van der Waals surface area (Å²) in [6.45, 7) is 1.64. The van der Waals surface area contributed by atoms with Crippen LogP contribution in [0.1, 0.15) is 11.4 Å². The molecule has 3 aromatic heterocycles. The van der Waals surface area contributed by atoms with E-state index in [2.05, 4.69) is 15.1 Å². The van der Waals surface area contributed by atoms with Crippen LogP contribution in [0, 0.1) is 6.92 Å². The summed E-state index contributed by atoms with van der Waals surface area (Å²) in [4.78, 5) is 19.5. The third kappa shape index (κ3) is 2.18. The van der Waals surface area contributed by atoms with Crippen molar-refractivity contribution in [3.8, 4) is 11.3 Å². The molecule has 8 heteroatoms. The smallest absolute Gasteiger partial charge is 0.293 e. The van der Waals surface area contributed by atoms with E-state index in [0.717, 1.165) is 4.52 Å². The van der Waals surface area contributed by atoms with Gasteiger partial charge in [0.1, 0.15) is 0 Å². The van der Waals surface area contributed by atoms with Gasteiger partial charge in [0.25, 0.3) is 5.56 Å². The molecule has 0 saturated heterocycles. The number of hydrogen-bond donors (Lipinski definition) is 1. The molecule has 0 amide bonds.